The number of allylic oxidation sites excluding steroid dienone is 3. The molecule has 310 valence electrons. The number of hydrogen-bond donors (Lipinski definition) is 0. The molecule has 0 radical (unpaired) electrons. The second kappa shape index (κ2) is 33.0. The highest BCUT2D eigenvalue weighted by Crippen LogP contribution is 2.16. The summed E-state index contributed by atoms with van der Waals surface area (Å²) in [7, 11) is 5.81. The Morgan fingerprint density at radius 2 is 1.24 bits per heavy atom. The number of aromatic nitrogens is 9. The van der Waals surface area contributed by atoms with Crippen molar-refractivity contribution in [3.63, 3.8) is 0 Å². The fourth-order valence-electron chi connectivity index (χ4n) is 4.64. The van der Waals surface area contributed by atoms with Crippen LogP contribution in [0.5, 0.6) is 0 Å². The van der Waals surface area contributed by atoms with E-state index in [0.29, 0.717) is 0 Å². The Hall–Kier alpha value is -6.24. The Kier molecular flexibility index (Phi) is 28.3. The van der Waals surface area contributed by atoms with Crippen molar-refractivity contribution in [3.8, 4) is 0 Å². The lowest BCUT2D eigenvalue weighted by atomic mass is 10.3. The van der Waals surface area contributed by atoms with Crippen molar-refractivity contribution in [2.45, 2.75) is 74.1 Å². The van der Waals surface area contributed by atoms with Crippen molar-refractivity contribution >= 4 is 17.5 Å². The third-order valence-electron chi connectivity index (χ3n) is 7.66. The van der Waals surface area contributed by atoms with Gasteiger partial charge in [-0.1, -0.05) is 45.9 Å². The number of hydrogen-bond acceptors (Lipinski definition) is 10. The normalized spacial score (nSPS) is 13.1. The molecule has 2 aliphatic carbocycles. The standard InChI is InChI=1S/C7H8N2.C7H6N2.C6H9N.2C5H7N.2C4H6N2.C3H4N2.2C2H6/c1-2-6-4-8-5-9-7(6)3-1;1-2-6-7(3-1)9-5-4-8-6;1-6-4-3-5-7(6)2;2*1-5-3-2-4-6-5;2*1-6-4-2-3-5-6;1-2-4-5-3-1;2*1-2/h4-5H,1-3H2;1-2,4-5H,3H2;3-5H,1-2H3;2*2-3H,4H2,1H3;2*2-4H,1H3;1-2H,3H2;2*1-2H3. The molecule has 0 unspecified atom stereocenters. The lowest BCUT2D eigenvalue weighted by Crippen LogP contribution is -1.88. The molecule has 8 heterocycles. The lowest BCUT2D eigenvalue weighted by Gasteiger charge is -1.91. The molecule has 0 N–H and O–H groups in total. The second-order valence-electron chi connectivity index (χ2n) is 12.1. The van der Waals surface area contributed by atoms with E-state index in [0.717, 1.165) is 55.3 Å². The Morgan fingerprint density at radius 1 is 0.603 bits per heavy atom. The fraction of sp³-hybridized carbons (Fsp3) is 0.378. The highest BCUT2D eigenvalue weighted by atomic mass is 15.2. The minimum Gasteiger partial charge on any atom is -0.355 e. The van der Waals surface area contributed by atoms with E-state index in [2.05, 4.69) is 86.1 Å². The van der Waals surface area contributed by atoms with Crippen molar-refractivity contribution in [1.82, 2.24) is 44.1 Å². The Balaban J connectivity index is 0.000000330. The Bertz CT molecular complexity index is 1840. The highest BCUT2D eigenvalue weighted by Gasteiger charge is 2.10. The summed E-state index contributed by atoms with van der Waals surface area (Å²) in [5.74, 6) is 0. The van der Waals surface area contributed by atoms with Crippen LogP contribution in [-0.2, 0) is 40.4 Å². The van der Waals surface area contributed by atoms with Crippen LogP contribution in [0.2, 0.25) is 0 Å². The van der Waals surface area contributed by atoms with E-state index in [4.69, 9.17) is 0 Å². The molecule has 0 saturated heterocycles. The van der Waals surface area contributed by atoms with Gasteiger partial charge < -0.3 is 4.57 Å². The number of rotatable bonds is 0. The smallest absolute Gasteiger partial charge is 0.115 e. The molecule has 0 spiro atoms. The third-order valence-corrected chi connectivity index (χ3v) is 7.66. The monoisotopic (exact) mass is 788 g/mol. The predicted octanol–water partition coefficient (Wildman–Crippen LogP) is 9.24. The van der Waals surface area contributed by atoms with Crippen LogP contribution in [0.1, 0.15) is 76.3 Å². The van der Waals surface area contributed by atoms with E-state index in [9.17, 15) is 0 Å². The van der Waals surface area contributed by atoms with Gasteiger partial charge >= 0.3 is 0 Å². The van der Waals surface area contributed by atoms with Gasteiger partial charge in [0.05, 0.1) is 31.0 Å². The molecule has 0 aromatic carbocycles. The maximum Gasteiger partial charge on any atom is 0.115 e. The van der Waals surface area contributed by atoms with Crippen LogP contribution in [-0.4, -0.2) is 75.1 Å². The van der Waals surface area contributed by atoms with Crippen molar-refractivity contribution in [1.29, 1.82) is 0 Å². The molecule has 58 heavy (non-hydrogen) atoms. The maximum atomic E-state index is 4.15. The van der Waals surface area contributed by atoms with Gasteiger partial charge in [0.1, 0.15) is 6.33 Å². The van der Waals surface area contributed by atoms with Crippen LogP contribution in [0.3, 0.4) is 0 Å². The molecule has 10 rings (SSSR count). The Labute approximate surface area is 347 Å². The molecule has 0 saturated carbocycles. The van der Waals surface area contributed by atoms with Gasteiger partial charge in [-0.05, 0) is 94.2 Å². The van der Waals surface area contributed by atoms with Crippen LogP contribution in [0.4, 0.5) is 0 Å². The summed E-state index contributed by atoms with van der Waals surface area (Å²) in [5.41, 5.74) is 8.32. The van der Waals surface area contributed by atoms with Gasteiger partial charge in [-0.25, -0.2) is 9.97 Å². The van der Waals surface area contributed by atoms with Crippen LogP contribution in [0.25, 0.3) is 6.08 Å². The molecule has 0 amide bonds. The predicted molar refractivity (Wildman–Crippen MR) is 241 cm³/mol. The van der Waals surface area contributed by atoms with E-state index in [-0.39, 0.29) is 0 Å². The van der Waals surface area contributed by atoms with Gasteiger partial charge in [-0.15, -0.1) is 0 Å². The molecule has 5 aliphatic rings. The van der Waals surface area contributed by atoms with Gasteiger partial charge in [0.25, 0.3) is 0 Å². The molecule has 5 aromatic heterocycles. The molecule has 0 atom stereocenters. The summed E-state index contributed by atoms with van der Waals surface area (Å²) in [6, 6.07) is 7.90. The molecule has 0 bridgehead atoms. The number of azo groups is 1. The number of nitrogens with zero attached hydrogens (tertiary/aromatic N) is 13. The topological polar surface area (TPSA) is 142 Å². The van der Waals surface area contributed by atoms with Gasteiger partial charge in [0.15, 0.2) is 0 Å². The first kappa shape index (κ1) is 49.8. The first-order chi connectivity index (χ1) is 28.3. The zero-order chi connectivity index (χ0) is 42.6. The highest BCUT2D eigenvalue weighted by molar-refractivity contribution is 5.94. The van der Waals surface area contributed by atoms with E-state index in [1.165, 1.54) is 29.8 Å². The van der Waals surface area contributed by atoms with E-state index in [1.54, 1.807) is 46.7 Å². The first-order valence-electron chi connectivity index (χ1n) is 19.9. The van der Waals surface area contributed by atoms with Crippen molar-refractivity contribution < 1.29 is 0 Å². The summed E-state index contributed by atoms with van der Waals surface area (Å²) in [6.45, 7) is 16.7. The lowest BCUT2D eigenvalue weighted by molar-refractivity contribution is 0.767. The van der Waals surface area contributed by atoms with E-state index in [1.807, 2.05) is 130 Å². The molecule has 13 heteroatoms. The fourth-order valence-corrected chi connectivity index (χ4v) is 4.64. The van der Waals surface area contributed by atoms with Crippen molar-refractivity contribution in [3.05, 3.63) is 151 Å². The zero-order valence-corrected chi connectivity index (χ0v) is 36.4. The quantitative estimate of drug-likeness (QED) is 0.153. The minimum atomic E-state index is 0.778. The summed E-state index contributed by atoms with van der Waals surface area (Å²) >= 11 is 0. The van der Waals surface area contributed by atoms with Crippen LogP contribution >= 0.6 is 0 Å². The second-order valence-corrected chi connectivity index (χ2v) is 12.1. The SMILES string of the molecule is C1=CN=NC1.C1=Cc2nccnc2C1.CC.CC.CC1=NCC=C1.CC1=NCC=C1.Cc1cccn1C.Cn1cccn1.Cn1cccn1.c1ncc2c(n1)CCC2. The van der Waals surface area contributed by atoms with Gasteiger partial charge in [-0.3, -0.25) is 29.3 Å². The molecule has 3 aliphatic heterocycles. The van der Waals surface area contributed by atoms with Gasteiger partial charge in [0, 0.05) is 106 Å². The third kappa shape index (κ3) is 23.6. The number of aryl methyl sites for hydroxylation is 6. The van der Waals surface area contributed by atoms with Crippen LogP contribution in [0.15, 0.2) is 143 Å². The molecule has 0 fully saturated rings. The summed E-state index contributed by atoms with van der Waals surface area (Å²) < 4.78 is 5.58. The number of fused-ring (bicyclic) bond motifs is 2. The molecular formula is C45H65N13. The average Bonchev–Trinajstić information content (AvgIpc) is 4.10. The molecule has 5 aromatic rings. The maximum absolute atomic E-state index is 4.15. The van der Waals surface area contributed by atoms with Crippen molar-refractivity contribution in [2.75, 3.05) is 19.6 Å². The van der Waals surface area contributed by atoms with Crippen LogP contribution < -0.4 is 0 Å². The van der Waals surface area contributed by atoms with Gasteiger partial charge in [-0.2, -0.15) is 20.4 Å². The number of aliphatic imine (C=N–C) groups is 2. The summed E-state index contributed by atoms with van der Waals surface area (Å²) in [4.78, 5) is 24.4. The average molecular weight is 788 g/mol. The first-order valence-corrected chi connectivity index (χ1v) is 19.9. The minimum absolute atomic E-state index is 0.778. The van der Waals surface area contributed by atoms with Gasteiger partial charge in [0.2, 0.25) is 0 Å². The molecule has 13 nitrogen and oxygen atoms in total. The van der Waals surface area contributed by atoms with E-state index >= 15 is 0 Å². The van der Waals surface area contributed by atoms with E-state index < -0.39 is 0 Å². The summed E-state index contributed by atoms with van der Waals surface area (Å²) in [6.07, 6.45) is 36.7. The zero-order valence-electron chi connectivity index (χ0n) is 36.4. The Morgan fingerprint density at radius 3 is 1.59 bits per heavy atom. The summed E-state index contributed by atoms with van der Waals surface area (Å²) in [5, 5.41) is 14.8. The van der Waals surface area contributed by atoms with Crippen molar-refractivity contribution in [2.24, 2.45) is 41.4 Å². The largest absolute Gasteiger partial charge is 0.355 e. The molecular weight excluding hydrogens is 723 g/mol. The van der Waals surface area contributed by atoms with Crippen LogP contribution in [0, 0.1) is 6.92 Å².